The average Bonchev–Trinajstić information content (AvgIpc) is 3.05. The first-order chi connectivity index (χ1) is 14.1. The SMILES string of the molecule is COc1ccc(C(C[N+](=O)[O-])c2c(-c3ccccc3)n(O)c3ccccc23)cc1. The van der Waals surface area contributed by atoms with Crippen LogP contribution in [0.4, 0.5) is 0 Å². The quantitative estimate of drug-likeness (QED) is 0.288. The summed E-state index contributed by atoms with van der Waals surface area (Å²) in [5.74, 6) is 0.144. The molecular weight excluding hydrogens is 368 g/mol. The van der Waals surface area contributed by atoms with Crippen molar-refractivity contribution in [1.29, 1.82) is 0 Å². The first-order valence-corrected chi connectivity index (χ1v) is 9.24. The van der Waals surface area contributed by atoms with Crippen LogP contribution in [0.25, 0.3) is 22.2 Å². The van der Waals surface area contributed by atoms with E-state index in [4.69, 9.17) is 4.74 Å². The summed E-state index contributed by atoms with van der Waals surface area (Å²) in [6, 6.07) is 24.1. The van der Waals surface area contributed by atoms with Crippen molar-refractivity contribution in [3.8, 4) is 17.0 Å². The summed E-state index contributed by atoms with van der Waals surface area (Å²) in [6.07, 6.45) is 0. The molecule has 0 aliphatic rings. The maximum atomic E-state index is 11.6. The number of nitro groups is 1. The highest BCUT2D eigenvalue weighted by molar-refractivity contribution is 5.92. The van der Waals surface area contributed by atoms with Crippen molar-refractivity contribution >= 4 is 10.9 Å². The zero-order valence-corrected chi connectivity index (χ0v) is 15.9. The molecule has 0 radical (unpaired) electrons. The fourth-order valence-electron chi connectivity index (χ4n) is 3.82. The molecule has 1 unspecified atom stereocenters. The first kappa shape index (κ1) is 18.6. The van der Waals surface area contributed by atoms with Crippen LogP contribution in [-0.4, -0.2) is 28.5 Å². The number of nitrogens with zero attached hydrogens (tertiary/aromatic N) is 2. The van der Waals surface area contributed by atoms with E-state index in [2.05, 4.69) is 0 Å². The fraction of sp³-hybridized carbons (Fsp3) is 0.130. The largest absolute Gasteiger partial charge is 0.497 e. The van der Waals surface area contributed by atoms with Gasteiger partial charge in [0.2, 0.25) is 6.54 Å². The van der Waals surface area contributed by atoms with Crippen molar-refractivity contribution in [1.82, 2.24) is 4.73 Å². The predicted octanol–water partition coefficient (Wildman–Crippen LogP) is 4.96. The predicted molar refractivity (Wildman–Crippen MR) is 111 cm³/mol. The number of hydrogen-bond donors (Lipinski definition) is 1. The molecule has 146 valence electrons. The van der Waals surface area contributed by atoms with Gasteiger partial charge in [-0.2, -0.15) is 4.73 Å². The summed E-state index contributed by atoms with van der Waals surface area (Å²) in [4.78, 5) is 11.3. The number of benzene rings is 3. The number of methoxy groups -OCH3 is 1. The van der Waals surface area contributed by atoms with Gasteiger partial charge < -0.3 is 9.94 Å². The Balaban J connectivity index is 2.01. The number of para-hydroxylation sites is 1. The summed E-state index contributed by atoms with van der Waals surface area (Å²) >= 11 is 0. The molecule has 1 heterocycles. The highest BCUT2D eigenvalue weighted by Gasteiger charge is 2.29. The van der Waals surface area contributed by atoms with Crippen LogP contribution in [0.5, 0.6) is 5.75 Å². The van der Waals surface area contributed by atoms with Gasteiger partial charge >= 0.3 is 0 Å². The van der Waals surface area contributed by atoms with Crippen LogP contribution in [0, 0.1) is 10.1 Å². The van der Waals surface area contributed by atoms with Gasteiger partial charge in [-0.15, -0.1) is 0 Å². The van der Waals surface area contributed by atoms with Crippen LogP contribution in [0.1, 0.15) is 17.0 Å². The van der Waals surface area contributed by atoms with Gasteiger partial charge in [-0.05, 0) is 23.8 Å². The first-order valence-electron chi connectivity index (χ1n) is 9.24. The van der Waals surface area contributed by atoms with E-state index in [-0.39, 0.29) is 11.5 Å². The zero-order chi connectivity index (χ0) is 20.4. The summed E-state index contributed by atoms with van der Waals surface area (Å²) in [5.41, 5.74) is 3.49. The van der Waals surface area contributed by atoms with E-state index in [1.165, 1.54) is 0 Å². The molecular formula is C23H20N2O4. The third kappa shape index (κ3) is 3.40. The van der Waals surface area contributed by atoms with Crippen LogP contribution in [0.3, 0.4) is 0 Å². The van der Waals surface area contributed by atoms with Gasteiger partial charge in [0.05, 0.1) is 24.2 Å². The van der Waals surface area contributed by atoms with Gasteiger partial charge in [-0.25, -0.2) is 0 Å². The van der Waals surface area contributed by atoms with E-state index in [1.54, 1.807) is 19.2 Å². The molecule has 0 aliphatic heterocycles. The van der Waals surface area contributed by atoms with Gasteiger partial charge in [0.1, 0.15) is 5.75 Å². The van der Waals surface area contributed by atoms with Crippen molar-refractivity contribution in [3.63, 3.8) is 0 Å². The molecule has 6 nitrogen and oxygen atoms in total. The molecule has 4 aromatic rings. The number of rotatable bonds is 6. The Labute approximate surface area is 167 Å². The van der Waals surface area contributed by atoms with Gasteiger partial charge in [0.15, 0.2) is 0 Å². The van der Waals surface area contributed by atoms with E-state index in [1.807, 2.05) is 66.7 Å². The van der Waals surface area contributed by atoms with Gasteiger partial charge in [-0.3, -0.25) is 10.1 Å². The van der Waals surface area contributed by atoms with Crippen molar-refractivity contribution < 1.29 is 14.9 Å². The Morgan fingerprint density at radius 1 is 1.00 bits per heavy atom. The highest BCUT2D eigenvalue weighted by Crippen LogP contribution is 2.40. The molecule has 6 heteroatoms. The Morgan fingerprint density at radius 2 is 1.66 bits per heavy atom. The van der Waals surface area contributed by atoms with Crippen molar-refractivity contribution in [3.05, 3.63) is 100 Å². The summed E-state index contributed by atoms with van der Waals surface area (Å²) in [7, 11) is 1.58. The van der Waals surface area contributed by atoms with Crippen molar-refractivity contribution in [2.24, 2.45) is 0 Å². The van der Waals surface area contributed by atoms with E-state index >= 15 is 0 Å². The molecule has 3 aromatic carbocycles. The minimum Gasteiger partial charge on any atom is -0.497 e. The topological polar surface area (TPSA) is 77.5 Å². The number of ether oxygens (including phenoxy) is 1. The minimum absolute atomic E-state index is 0.291. The molecule has 0 saturated carbocycles. The van der Waals surface area contributed by atoms with Crippen LogP contribution in [0.15, 0.2) is 78.9 Å². The second kappa shape index (κ2) is 7.67. The summed E-state index contributed by atoms with van der Waals surface area (Å²) in [6.45, 7) is -0.291. The lowest BCUT2D eigenvalue weighted by molar-refractivity contribution is -0.481. The lowest BCUT2D eigenvalue weighted by Gasteiger charge is -2.16. The Hall–Kier alpha value is -3.80. The summed E-state index contributed by atoms with van der Waals surface area (Å²) in [5, 5.41) is 23.3. The highest BCUT2D eigenvalue weighted by atomic mass is 16.6. The second-order valence-corrected chi connectivity index (χ2v) is 6.80. The van der Waals surface area contributed by atoms with E-state index in [0.717, 1.165) is 26.8 Å². The van der Waals surface area contributed by atoms with Crippen LogP contribution in [-0.2, 0) is 0 Å². The standard InChI is InChI=1S/C23H20N2O4/c1-29-18-13-11-16(12-14-18)20(15-24(26)27)22-19-9-5-6-10-21(19)25(28)23(22)17-7-3-2-4-8-17/h2-14,20,28H,15H2,1H3. The van der Waals surface area contributed by atoms with Crippen LogP contribution >= 0.6 is 0 Å². The fourth-order valence-corrected chi connectivity index (χ4v) is 3.82. The third-order valence-corrected chi connectivity index (χ3v) is 5.13. The van der Waals surface area contributed by atoms with Gasteiger partial charge in [-0.1, -0.05) is 60.7 Å². The van der Waals surface area contributed by atoms with E-state index < -0.39 is 5.92 Å². The van der Waals surface area contributed by atoms with Gasteiger partial charge in [0, 0.05) is 21.4 Å². The summed E-state index contributed by atoms with van der Waals surface area (Å²) < 4.78 is 6.36. The minimum atomic E-state index is -0.538. The molecule has 0 spiro atoms. The number of hydrogen-bond acceptors (Lipinski definition) is 4. The number of aromatic nitrogens is 1. The molecule has 0 bridgehead atoms. The van der Waals surface area contributed by atoms with Crippen LogP contribution < -0.4 is 4.74 Å². The smallest absolute Gasteiger partial charge is 0.214 e. The van der Waals surface area contributed by atoms with Crippen LogP contribution in [0.2, 0.25) is 0 Å². The van der Waals surface area contributed by atoms with Crippen molar-refractivity contribution in [2.75, 3.05) is 13.7 Å². The lowest BCUT2D eigenvalue weighted by atomic mass is 9.87. The molecule has 1 N–H and O–H groups in total. The lowest BCUT2D eigenvalue weighted by Crippen LogP contribution is -2.15. The molecule has 0 amide bonds. The van der Waals surface area contributed by atoms with E-state index in [0.29, 0.717) is 17.0 Å². The molecule has 0 fully saturated rings. The van der Waals surface area contributed by atoms with E-state index in [9.17, 15) is 15.3 Å². The molecule has 0 saturated heterocycles. The zero-order valence-electron chi connectivity index (χ0n) is 15.9. The maximum Gasteiger partial charge on any atom is 0.214 e. The number of fused-ring (bicyclic) bond motifs is 1. The molecule has 0 aliphatic carbocycles. The third-order valence-electron chi connectivity index (χ3n) is 5.13. The maximum absolute atomic E-state index is 11.6. The van der Waals surface area contributed by atoms with Gasteiger partial charge in [0.25, 0.3) is 0 Å². The Morgan fingerprint density at radius 3 is 2.31 bits per heavy atom. The molecule has 1 atom stereocenters. The molecule has 29 heavy (non-hydrogen) atoms. The Kier molecular flexibility index (Phi) is 4.91. The molecule has 1 aromatic heterocycles. The normalized spacial score (nSPS) is 12.0. The van der Waals surface area contributed by atoms with Crippen molar-refractivity contribution in [2.45, 2.75) is 5.92 Å². The monoisotopic (exact) mass is 388 g/mol. The second-order valence-electron chi connectivity index (χ2n) is 6.80. The average molecular weight is 388 g/mol. The Bertz CT molecular complexity index is 1150. The molecule has 4 rings (SSSR count).